The van der Waals surface area contributed by atoms with Crippen molar-refractivity contribution in [2.24, 2.45) is 5.92 Å². The smallest absolute Gasteiger partial charge is 0.388 e. The summed E-state index contributed by atoms with van der Waals surface area (Å²) in [6, 6.07) is 3.77. The fourth-order valence-electron chi connectivity index (χ4n) is 4.90. The number of aliphatic hydroxyl groups is 1. The van der Waals surface area contributed by atoms with Gasteiger partial charge in [-0.15, -0.1) is 0 Å². The first-order valence-corrected chi connectivity index (χ1v) is 11.5. The minimum atomic E-state index is -4.47. The molecule has 1 amide bonds. The quantitative estimate of drug-likeness (QED) is 0.530. The first-order chi connectivity index (χ1) is 16.1. The summed E-state index contributed by atoms with van der Waals surface area (Å²) in [4.78, 5) is 22.8. The van der Waals surface area contributed by atoms with E-state index in [9.17, 15) is 23.1 Å². The molecule has 2 heterocycles. The standard InChI is InChI=1S/C24H30F3N5O2/c1-14(2)22(34)15-3-6-18(7-4-15)32-11-17(12-32)31-21(33)10-28-23-19-9-16(24(25,26)27)5-8-20(19)29-13-30-23/h5,8-9,13,15,17-18,22,34H,1,3-4,6-7,10-12H2,2H3,(H,31,33)(H,28,29,30). The van der Waals surface area contributed by atoms with E-state index in [1.54, 1.807) is 0 Å². The van der Waals surface area contributed by atoms with Crippen LogP contribution < -0.4 is 10.6 Å². The van der Waals surface area contributed by atoms with Crippen LogP contribution in [0.2, 0.25) is 0 Å². The van der Waals surface area contributed by atoms with Gasteiger partial charge in [0.2, 0.25) is 5.91 Å². The molecule has 10 heteroatoms. The minimum absolute atomic E-state index is 0.0482. The molecule has 4 rings (SSSR count). The van der Waals surface area contributed by atoms with Crippen LogP contribution in [0.15, 0.2) is 36.7 Å². The zero-order valence-electron chi connectivity index (χ0n) is 19.1. The van der Waals surface area contributed by atoms with Crippen LogP contribution in [0, 0.1) is 5.92 Å². The van der Waals surface area contributed by atoms with Crippen LogP contribution in [-0.2, 0) is 11.0 Å². The zero-order chi connectivity index (χ0) is 24.5. The van der Waals surface area contributed by atoms with Gasteiger partial charge in [0.1, 0.15) is 12.1 Å². The number of hydrogen-bond acceptors (Lipinski definition) is 6. The first-order valence-electron chi connectivity index (χ1n) is 11.5. The number of alkyl halides is 3. The van der Waals surface area contributed by atoms with Crippen LogP contribution >= 0.6 is 0 Å². The molecule has 2 fully saturated rings. The number of amides is 1. The summed E-state index contributed by atoms with van der Waals surface area (Å²) < 4.78 is 39.2. The predicted octanol–water partition coefficient (Wildman–Crippen LogP) is 3.36. The number of nitrogens with one attached hydrogen (secondary N) is 2. The molecule has 0 bridgehead atoms. The Morgan fingerprint density at radius 1 is 1.24 bits per heavy atom. The van der Waals surface area contributed by atoms with Crippen LogP contribution in [0.25, 0.3) is 10.9 Å². The highest BCUT2D eigenvalue weighted by molar-refractivity contribution is 5.91. The Bertz CT molecular complexity index is 1050. The summed E-state index contributed by atoms with van der Waals surface area (Å²) >= 11 is 0. The molecule has 1 saturated heterocycles. The monoisotopic (exact) mass is 477 g/mol. The number of aromatic nitrogens is 2. The molecule has 1 atom stereocenters. The average molecular weight is 478 g/mol. The van der Waals surface area contributed by atoms with Crippen LogP contribution in [0.3, 0.4) is 0 Å². The first kappa shape index (κ1) is 24.4. The van der Waals surface area contributed by atoms with E-state index in [1.807, 2.05) is 6.92 Å². The minimum Gasteiger partial charge on any atom is -0.388 e. The second kappa shape index (κ2) is 9.87. The second-order valence-electron chi connectivity index (χ2n) is 9.38. The van der Waals surface area contributed by atoms with E-state index in [1.165, 1.54) is 12.4 Å². The molecule has 3 N–H and O–H groups in total. The van der Waals surface area contributed by atoms with Crippen LogP contribution in [0.1, 0.15) is 38.2 Å². The van der Waals surface area contributed by atoms with Crippen LogP contribution in [0.4, 0.5) is 19.0 Å². The van der Waals surface area contributed by atoms with Gasteiger partial charge in [-0.25, -0.2) is 9.97 Å². The summed E-state index contributed by atoms with van der Waals surface area (Å²) in [6.07, 6.45) is 0.347. The third-order valence-electron chi connectivity index (χ3n) is 6.86. The van der Waals surface area contributed by atoms with E-state index in [0.717, 1.165) is 56.5 Å². The highest BCUT2D eigenvalue weighted by Crippen LogP contribution is 2.34. The van der Waals surface area contributed by atoms with Crippen molar-refractivity contribution < 1.29 is 23.1 Å². The van der Waals surface area contributed by atoms with Crippen LogP contribution in [0.5, 0.6) is 0 Å². The number of rotatable bonds is 7. The molecule has 1 aliphatic carbocycles. The van der Waals surface area contributed by atoms with Crippen molar-refractivity contribution in [1.29, 1.82) is 0 Å². The van der Waals surface area contributed by atoms with Gasteiger partial charge < -0.3 is 15.7 Å². The summed E-state index contributed by atoms with van der Waals surface area (Å²) in [7, 11) is 0. The number of nitrogens with zero attached hydrogens (tertiary/aromatic N) is 3. The second-order valence-corrected chi connectivity index (χ2v) is 9.38. The Morgan fingerprint density at radius 3 is 2.59 bits per heavy atom. The van der Waals surface area contributed by atoms with Gasteiger partial charge in [-0.3, -0.25) is 9.69 Å². The van der Waals surface area contributed by atoms with E-state index < -0.39 is 17.8 Å². The van der Waals surface area contributed by atoms with Gasteiger partial charge in [0.25, 0.3) is 0 Å². The largest absolute Gasteiger partial charge is 0.416 e. The van der Waals surface area contributed by atoms with Gasteiger partial charge >= 0.3 is 6.18 Å². The van der Waals surface area contributed by atoms with E-state index in [2.05, 4.69) is 32.1 Å². The fourth-order valence-corrected chi connectivity index (χ4v) is 4.90. The Morgan fingerprint density at radius 2 is 1.94 bits per heavy atom. The number of likely N-dealkylation sites (tertiary alicyclic amines) is 1. The number of fused-ring (bicyclic) bond motifs is 1. The topological polar surface area (TPSA) is 90.4 Å². The summed E-state index contributed by atoms with van der Waals surface area (Å²) in [5.74, 6) is 0.230. The lowest BCUT2D eigenvalue weighted by Gasteiger charge is -2.47. The Labute approximate surface area is 196 Å². The number of carbonyl (C=O) groups is 1. The van der Waals surface area contributed by atoms with Crippen LogP contribution in [-0.4, -0.2) is 63.7 Å². The fraction of sp³-hybridized carbons (Fsp3) is 0.542. The van der Waals surface area contributed by atoms with E-state index in [-0.39, 0.29) is 35.6 Å². The summed E-state index contributed by atoms with van der Waals surface area (Å²) in [5, 5.41) is 16.2. The molecule has 7 nitrogen and oxygen atoms in total. The van der Waals surface area contributed by atoms with Crippen molar-refractivity contribution in [3.8, 4) is 0 Å². The average Bonchev–Trinajstić information content (AvgIpc) is 2.78. The molecule has 2 aliphatic rings. The third-order valence-corrected chi connectivity index (χ3v) is 6.86. The predicted molar refractivity (Wildman–Crippen MR) is 123 cm³/mol. The maximum absolute atomic E-state index is 13.1. The number of benzene rings is 1. The van der Waals surface area contributed by atoms with Gasteiger partial charge in [-0.05, 0) is 56.7 Å². The maximum atomic E-state index is 13.1. The number of anilines is 1. The van der Waals surface area contributed by atoms with Crippen molar-refractivity contribution in [2.75, 3.05) is 25.0 Å². The van der Waals surface area contributed by atoms with Gasteiger partial charge in [-0.1, -0.05) is 12.2 Å². The molecular weight excluding hydrogens is 447 g/mol. The summed E-state index contributed by atoms with van der Waals surface area (Å²) in [6.45, 7) is 7.17. The van der Waals surface area contributed by atoms with Gasteiger partial charge in [-0.2, -0.15) is 13.2 Å². The number of halogens is 3. The van der Waals surface area contributed by atoms with Gasteiger partial charge in [0.05, 0.1) is 29.8 Å². The molecule has 0 radical (unpaired) electrons. The number of aliphatic hydroxyl groups excluding tert-OH is 1. The lowest BCUT2D eigenvalue weighted by Crippen LogP contribution is -2.63. The maximum Gasteiger partial charge on any atom is 0.416 e. The molecule has 34 heavy (non-hydrogen) atoms. The number of carbonyl (C=O) groups excluding carboxylic acids is 1. The highest BCUT2D eigenvalue weighted by Gasteiger charge is 2.36. The molecule has 1 aromatic heterocycles. The Balaban J connectivity index is 1.24. The molecule has 1 unspecified atom stereocenters. The molecule has 1 saturated carbocycles. The SMILES string of the molecule is C=C(C)C(O)C1CCC(N2CC(NC(=O)CNc3ncnc4ccc(C(F)(F)F)cc34)C2)CC1. The lowest BCUT2D eigenvalue weighted by molar-refractivity contribution is -0.137. The molecule has 2 aromatic rings. The normalized spacial score (nSPS) is 22.7. The van der Waals surface area contributed by atoms with E-state index >= 15 is 0 Å². The molecule has 1 aromatic carbocycles. The van der Waals surface area contributed by atoms with Crippen molar-refractivity contribution in [3.05, 3.63) is 42.2 Å². The third kappa shape index (κ3) is 5.50. The molecular formula is C24H30F3N5O2. The Hall–Kier alpha value is -2.72. The molecule has 1 aliphatic heterocycles. The van der Waals surface area contributed by atoms with Crippen molar-refractivity contribution in [3.63, 3.8) is 0 Å². The Kier molecular flexibility index (Phi) is 7.09. The van der Waals surface area contributed by atoms with Gasteiger partial charge in [0.15, 0.2) is 0 Å². The number of hydrogen-bond donors (Lipinski definition) is 3. The zero-order valence-corrected chi connectivity index (χ0v) is 19.1. The molecule has 184 valence electrons. The highest BCUT2D eigenvalue weighted by atomic mass is 19.4. The molecule has 0 spiro atoms. The van der Waals surface area contributed by atoms with Crippen molar-refractivity contribution >= 4 is 22.6 Å². The van der Waals surface area contributed by atoms with E-state index in [4.69, 9.17) is 0 Å². The summed E-state index contributed by atoms with van der Waals surface area (Å²) in [5.41, 5.74) is 0.394. The lowest BCUT2D eigenvalue weighted by atomic mass is 9.79. The van der Waals surface area contributed by atoms with Crippen molar-refractivity contribution in [1.82, 2.24) is 20.2 Å². The van der Waals surface area contributed by atoms with Crippen molar-refractivity contribution in [2.45, 2.75) is 57.0 Å². The van der Waals surface area contributed by atoms with Gasteiger partial charge in [0, 0.05) is 24.5 Å². The van der Waals surface area contributed by atoms with E-state index in [0.29, 0.717) is 11.6 Å².